The number of aliphatic imine (C=N–C) groups is 1. The molecule has 0 saturated heterocycles. The molecule has 0 N–H and O–H groups in total. The van der Waals surface area contributed by atoms with Crippen LogP contribution < -0.4 is 9.64 Å². The number of rotatable bonds is 4. The number of likely N-dealkylation sites (N-methyl/N-ethyl adjacent to an activating group) is 1. The van der Waals surface area contributed by atoms with Crippen molar-refractivity contribution in [1.82, 2.24) is 0 Å². The molecule has 26 heavy (non-hydrogen) atoms. The lowest BCUT2D eigenvalue weighted by molar-refractivity contribution is 0.415. The largest absolute Gasteiger partial charge is 0.497 e. The molecule has 136 valence electrons. The Balaban J connectivity index is 2.01. The molecule has 3 nitrogen and oxygen atoms in total. The van der Waals surface area contributed by atoms with Gasteiger partial charge in [-0.15, -0.1) is 0 Å². The monoisotopic (exact) mass is 352 g/mol. The molecule has 3 rings (SSSR count). The Kier molecular flexibility index (Phi) is 4.86. The van der Waals surface area contributed by atoms with Gasteiger partial charge in [-0.05, 0) is 57.5 Å². The van der Waals surface area contributed by atoms with Gasteiger partial charge in [-0.25, -0.2) is 4.39 Å². The highest BCUT2D eigenvalue weighted by molar-refractivity contribution is 5.89. The Hall–Kier alpha value is -2.62. The lowest BCUT2D eigenvalue weighted by Gasteiger charge is -2.42. The highest BCUT2D eigenvalue weighted by Crippen LogP contribution is 2.39. The summed E-state index contributed by atoms with van der Waals surface area (Å²) in [7, 11) is 1.61. The number of nitrogens with zero attached hydrogens (tertiary/aromatic N) is 2. The molecule has 1 aliphatic rings. The van der Waals surface area contributed by atoms with Crippen LogP contribution in [-0.4, -0.2) is 25.4 Å². The molecule has 2 aromatic rings. The van der Waals surface area contributed by atoms with Crippen LogP contribution in [0.2, 0.25) is 0 Å². The number of allylic oxidation sites excluding steroid dienone is 1. The van der Waals surface area contributed by atoms with Crippen LogP contribution in [0.5, 0.6) is 5.75 Å². The third-order valence-electron chi connectivity index (χ3n) is 4.82. The van der Waals surface area contributed by atoms with Gasteiger partial charge in [-0.2, -0.15) is 0 Å². The number of benzene rings is 2. The van der Waals surface area contributed by atoms with Crippen molar-refractivity contribution in [2.45, 2.75) is 33.2 Å². The van der Waals surface area contributed by atoms with E-state index in [-0.39, 0.29) is 11.4 Å². The van der Waals surface area contributed by atoms with Crippen LogP contribution in [0.1, 0.15) is 38.8 Å². The van der Waals surface area contributed by atoms with E-state index < -0.39 is 0 Å². The summed E-state index contributed by atoms with van der Waals surface area (Å²) in [4.78, 5) is 6.63. The van der Waals surface area contributed by atoms with Crippen LogP contribution in [0.4, 0.5) is 15.8 Å². The summed E-state index contributed by atoms with van der Waals surface area (Å²) in [5.41, 5.74) is 4.23. The predicted octanol–water partition coefficient (Wildman–Crippen LogP) is 5.61. The van der Waals surface area contributed by atoms with Gasteiger partial charge in [0.05, 0.1) is 18.3 Å². The molecule has 0 atom stereocenters. The van der Waals surface area contributed by atoms with Crippen molar-refractivity contribution in [3.8, 4) is 5.75 Å². The third-order valence-corrected chi connectivity index (χ3v) is 4.82. The maximum atomic E-state index is 14.8. The fourth-order valence-corrected chi connectivity index (χ4v) is 3.63. The van der Waals surface area contributed by atoms with E-state index in [1.165, 1.54) is 0 Å². The Labute approximate surface area is 154 Å². The van der Waals surface area contributed by atoms with Gasteiger partial charge in [-0.3, -0.25) is 4.99 Å². The molecule has 1 aliphatic heterocycles. The van der Waals surface area contributed by atoms with E-state index in [1.807, 2.05) is 30.3 Å². The fraction of sp³-hybridized carbons (Fsp3) is 0.318. The molecule has 0 fully saturated rings. The Morgan fingerprint density at radius 1 is 1.23 bits per heavy atom. The van der Waals surface area contributed by atoms with Crippen molar-refractivity contribution in [1.29, 1.82) is 0 Å². The summed E-state index contributed by atoms with van der Waals surface area (Å²) in [6.07, 6.45) is 3.81. The summed E-state index contributed by atoms with van der Waals surface area (Å²) in [6.45, 7) is 9.29. The Morgan fingerprint density at radius 3 is 2.69 bits per heavy atom. The SMILES string of the molecule is CCN1c2cc(F)c(C=Nc3cccc(OC)c3)cc2C(C)=CC1(C)C. The summed E-state index contributed by atoms with van der Waals surface area (Å²) in [5, 5.41) is 0. The van der Waals surface area contributed by atoms with E-state index >= 15 is 0 Å². The molecule has 0 aliphatic carbocycles. The number of fused-ring (bicyclic) bond motifs is 1. The topological polar surface area (TPSA) is 24.8 Å². The summed E-state index contributed by atoms with van der Waals surface area (Å²) in [5.74, 6) is 0.463. The number of anilines is 1. The third kappa shape index (κ3) is 3.36. The Bertz CT molecular complexity index is 884. The van der Waals surface area contributed by atoms with E-state index in [1.54, 1.807) is 19.4 Å². The first kappa shape index (κ1) is 18.2. The zero-order valence-electron chi connectivity index (χ0n) is 16.0. The first-order valence-electron chi connectivity index (χ1n) is 8.85. The van der Waals surface area contributed by atoms with E-state index in [2.05, 4.69) is 43.7 Å². The second-order valence-electron chi connectivity index (χ2n) is 7.08. The van der Waals surface area contributed by atoms with Crippen LogP contribution in [0.3, 0.4) is 0 Å². The number of hydrogen-bond acceptors (Lipinski definition) is 3. The lowest BCUT2D eigenvalue weighted by atomic mass is 9.88. The van der Waals surface area contributed by atoms with Gasteiger partial charge in [0.1, 0.15) is 11.6 Å². The van der Waals surface area contributed by atoms with E-state index in [0.29, 0.717) is 5.56 Å². The molecule has 0 unspecified atom stereocenters. The molecule has 2 aromatic carbocycles. The maximum Gasteiger partial charge on any atom is 0.134 e. The Morgan fingerprint density at radius 2 is 2.00 bits per heavy atom. The smallest absolute Gasteiger partial charge is 0.134 e. The second-order valence-corrected chi connectivity index (χ2v) is 7.08. The summed E-state index contributed by atoms with van der Waals surface area (Å²) in [6, 6.07) is 10.9. The van der Waals surface area contributed by atoms with Gasteiger partial charge in [0.15, 0.2) is 0 Å². The van der Waals surface area contributed by atoms with Crippen LogP contribution in [0.15, 0.2) is 47.5 Å². The standard InChI is InChI=1S/C22H25FN2O/c1-6-25-21-12-20(23)16(10-19(21)15(2)13-22(25,3)4)14-24-17-8-7-9-18(11-17)26-5/h7-14H,6H2,1-5H3. The van der Waals surface area contributed by atoms with Gasteiger partial charge in [0, 0.05) is 35.6 Å². The molecule has 0 saturated carbocycles. The van der Waals surface area contributed by atoms with Crippen molar-refractivity contribution in [2.24, 2.45) is 4.99 Å². The van der Waals surface area contributed by atoms with Gasteiger partial charge < -0.3 is 9.64 Å². The summed E-state index contributed by atoms with van der Waals surface area (Å²) >= 11 is 0. The number of halogens is 1. The first-order chi connectivity index (χ1) is 12.4. The first-order valence-corrected chi connectivity index (χ1v) is 8.85. The molecule has 0 aromatic heterocycles. The van der Waals surface area contributed by atoms with E-state index in [0.717, 1.165) is 34.8 Å². The zero-order chi connectivity index (χ0) is 18.9. The van der Waals surface area contributed by atoms with Crippen molar-refractivity contribution < 1.29 is 9.13 Å². The van der Waals surface area contributed by atoms with Crippen LogP contribution in [-0.2, 0) is 0 Å². The fourth-order valence-electron chi connectivity index (χ4n) is 3.63. The molecule has 0 spiro atoms. The zero-order valence-corrected chi connectivity index (χ0v) is 16.0. The minimum Gasteiger partial charge on any atom is -0.497 e. The van der Waals surface area contributed by atoms with Crippen molar-refractivity contribution >= 4 is 23.2 Å². The molecule has 0 bridgehead atoms. The molecule has 0 radical (unpaired) electrons. The van der Waals surface area contributed by atoms with Crippen molar-refractivity contribution in [3.05, 3.63) is 59.4 Å². The molecule has 4 heteroatoms. The average molecular weight is 352 g/mol. The predicted molar refractivity (Wildman–Crippen MR) is 107 cm³/mol. The number of hydrogen-bond donors (Lipinski definition) is 0. The molecular formula is C22H25FN2O. The van der Waals surface area contributed by atoms with Crippen molar-refractivity contribution in [3.63, 3.8) is 0 Å². The van der Waals surface area contributed by atoms with Crippen LogP contribution in [0.25, 0.3) is 5.57 Å². The maximum absolute atomic E-state index is 14.8. The quantitative estimate of drug-likeness (QED) is 0.669. The van der Waals surface area contributed by atoms with Crippen molar-refractivity contribution in [2.75, 3.05) is 18.6 Å². The van der Waals surface area contributed by atoms with Crippen LogP contribution in [0, 0.1) is 5.82 Å². The summed E-state index contributed by atoms with van der Waals surface area (Å²) < 4.78 is 20.0. The highest BCUT2D eigenvalue weighted by atomic mass is 19.1. The average Bonchev–Trinajstić information content (AvgIpc) is 2.60. The van der Waals surface area contributed by atoms with Gasteiger partial charge in [0.25, 0.3) is 0 Å². The highest BCUT2D eigenvalue weighted by Gasteiger charge is 2.30. The second kappa shape index (κ2) is 6.94. The molecule has 1 heterocycles. The van der Waals surface area contributed by atoms with Gasteiger partial charge >= 0.3 is 0 Å². The lowest BCUT2D eigenvalue weighted by Crippen LogP contribution is -2.45. The van der Waals surface area contributed by atoms with E-state index in [4.69, 9.17) is 4.74 Å². The van der Waals surface area contributed by atoms with Gasteiger partial charge in [-0.1, -0.05) is 12.1 Å². The molecule has 0 amide bonds. The normalized spacial score (nSPS) is 15.8. The van der Waals surface area contributed by atoms with Gasteiger partial charge in [0.2, 0.25) is 0 Å². The van der Waals surface area contributed by atoms with Crippen LogP contribution >= 0.6 is 0 Å². The molecular weight excluding hydrogens is 327 g/mol. The minimum absolute atomic E-state index is 0.130. The minimum atomic E-state index is -0.264. The number of ether oxygens (including phenoxy) is 1. The number of methoxy groups -OCH3 is 1. The van der Waals surface area contributed by atoms with E-state index in [9.17, 15) is 4.39 Å².